The van der Waals surface area contributed by atoms with Gasteiger partial charge in [-0.05, 0) is 54.3 Å². The first-order valence-electron chi connectivity index (χ1n) is 13.5. The fourth-order valence-corrected chi connectivity index (χ4v) is 6.38. The van der Waals surface area contributed by atoms with E-state index >= 15 is 0 Å². The van der Waals surface area contributed by atoms with E-state index in [0.717, 1.165) is 12.8 Å². The van der Waals surface area contributed by atoms with Crippen molar-refractivity contribution in [2.24, 2.45) is 0 Å². The van der Waals surface area contributed by atoms with Gasteiger partial charge in [-0.1, -0.05) is 66.4 Å². The number of carbonyl (C=O) groups is 3. The fourth-order valence-electron chi connectivity index (χ4n) is 5.86. The van der Waals surface area contributed by atoms with E-state index in [1.807, 2.05) is 6.07 Å². The summed E-state index contributed by atoms with van der Waals surface area (Å²) < 4.78 is 0. The number of aliphatic hydroxyl groups excluding tert-OH is 1. The highest BCUT2D eigenvalue weighted by molar-refractivity contribution is 6.35. The number of nitrogens with zero attached hydrogens (tertiary/aromatic N) is 2. The average molecular weight is 597 g/mol. The highest BCUT2D eigenvalue weighted by Crippen LogP contribution is 2.47. The Balaban J connectivity index is 1.59. The molecule has 214 valence electrons. The lowest BCUT2D eigenvalue weighted by atomic mass is 9.76. The Kier molecular flexibility index (Phi) is 9.19. The van der Waals surface area contributed by atoms with Gasteiger partial charge in [0.05, 0.1) is 23.7 Å². The van der Waals surface area contributed by atoms with E-state index < -0.39 is 42.5 Å². The lowest BCUT2D eigenvalue weighted by Gasteiger charge is -2.49. The first-order valence-corrected chi connectivity index (χ1v) is 14.2. The van der Waals surface area contributed by atoms with Gasteiger partial charge < -0.3 is 15.3 Å². The van der Waals surface area contributed by atoms with E-state index in [4.69, 9.17) is 28.0 Å². The average Bonchev–Trinajstić information content (AvgIpc) is 2.98. The Morgan fingerprint density at radius 2 is 1.80 bits per heavy atom. The summed E-state index contributed by atoms with van der Waals surface area (Å²) in [6, 6.07) is 15.6. The second kappa shape index (κ2) is 13.0. The van der Waals surface area contributed by atoms with Gasteiger partial charge in [-0.2, -0.15) is 0 Å². The van der Waals surface area contributed by atoms with Crippen LogP contribution < -0.4 is 10.8 Å². The van der Waals surface area contributed by atoms with Crippen molar-refractivity contribution in [2.75, 3.05) is 6.61 Å². The number of nitrogens with one attached hydrogen (secondary N) is 2. The summed E-state index contributed by atoms with van der Waals surface area (Å²) in [5.41, 5.74) is 4.68. The smallest absolute Gasteiger partial charge is 0.255 e. The number of pyridine rings is 1. The number of carbonyl (C=O) groups excluding carboxylic acids is 3. The van der Waals surface area contributed by atoms with E-state index in [9.17, 15) is 19.5 Å². The van der Waals surface area contributed by atoms with Crippen molar-refractivity contribution in [1.29, 1.82) is 0 Å². The normalized spacial score (nSPS) is 22.1. The van der Waals surface area contributed by atoms with Crippen molar-refractivity contribution in [3.8, 4) is 0 Å². The molecule has 2 heterocycles. The van der Waals surface area contributed by atoms with Gasteiger partial charge in [-0.25, -0.2) is 5.48 Å². The van der Waals surface area contributed by atoms with Crippen LogP contribution in [0.2, 0.25) is 10.0 Å². The van der Waals surface area contributed by atoms with E-state index in [2.05, 4.69) is 15.8 Å². The number of rotatable bonds is 8. The van der Waals surface area contributed by atoms with Gasteiger partial charge >= 0.3 is 0 Å². The molecule has 3 aromatic rings. The molecular formula is C30H30Cl2N4O5. The molecule has 1 fully saturated rings. The number of hydrogen-bond donors (Lipinski definition) is 3. The first-order chi connectivity index (χ1) is 19.9. The zero-order valence-corrected chi connectivity index (χ0v) is 23.6. The van der Waals surface area contributed by atoms with Crippen molar-refractivity contribution < 1.29 is 24.3 Å². The number of benzene rings is 2. The van der Waals surface area contributed by atoms with Gasteiger partial charge in [0.15, 0.2) is 0 Å². The van der Waals surface area contributed by atoms with Crippen molar-refractivity contribution in [3.05, 3.63) is 99.3 Å². The summed E-state index contributed by atoms with van der Waals surface area (Å²) in [7, 11) is 0. The van der Waals surface area contributed by atoms with E-state index in [-0.39, 0.29) is 12.5 Å². The highest BCUT2D eigenvalue weighted by Gasteiger charge is 2.49. The van der Waals surface area contributed by atoms with Gasteiger partial charge in [0.25, 0.3) is 11.8 Å². The Hall–Kier alpha value is -3.50. The molecular weight excluding hydrogens is 567 g/mol. The molecule has 1 aliphatic heterocycles. The monoisotopic (exact) mass is 596 g/mol. The molecule has 0 bridgehead atoms. The molecule has 0 unspecified atom stereocenters. The SMILES string of the molecule is O=C(CO)N[C@H]1CCCC[C@@H]1N1C(=O)c2ccccc2[C@@H](C(=O)NOCc2ccccn2)[C@@H]1c1ccc(Cl)cc1Cl. The molecule has 0 saturated heterocycles. The van der Waals surface area contributed by atoms with E-state index in [0.29, 0.717) is 45.3 Å². The maximum absolute atomic E-state index is 14.3. The molecule has 3 N–H and O–H groups in total. The van der Waals surface area contributed by atoms with Crippen LogP contribution in [0.15, 0.2) is 66.9 Å². The fraction of sp³-hybridized carbons (Fsp3) is 0.333. The maximum atomic E-state index is 14.3. The third kappa shape index (κ3) is 6.23. The van der Waals surface area contributed by atoms with E-state index in [1.54, 1.807) is 65.7 Å². The highest BCUT2D eigenvalue weighted by atomic mass is 35.5. The van der Waals surface area contributed by atoms with Gasteiger partial charge in [-0.3, -0.25) is 24.2 Å². The molecule has 1 aromatic heterocycles. The van der Waals surface area contributed by atoms with Crippen molar-refractivity contribution >= 4 is 40.9 Å². The second-order valence-electron chi connectivity index (χ2n) is 10.1. The molecule has 1 saturated carbocycles. The molecule has 0 spiro atoms. The van der Waals surface area contributed by atoms with Crippen LogP contribution in [0.5, 0.6) is 0 Å². The summed E-state index contributed by atoms with van der Waals surface area (Å²) in [6.07, 6.45) is 4.52. The van der Waals surface area contributed by atoms with Crippen molar-refractivity contribution in [1.82, 2.24) is 20.7 Å². The summed E-state index contributed by atoms with van der Waals surface area (Å²) in [5.74, 6) is -2.16. The minimum atomic E-state index is -0.901. The number of amides is 3. The van der Waals surface area contributed by atoms with E-state index in [1.165, 1.54) is 0 Å². The summed E-state index contributed by atoms with van der Waals surface area (Å²) in [6.45, 7) is -0.612. The maximum Gasteiger partial charge on any atom is 0.255 e. The van der Waals surface area contributed by atoms with Crippen LogP contribution in [0.1, 0.15) is 64.8 Å². The molecule has 4 atom stereocenters. The van der Waals surface area contributed by atoms with Crippen LogP contribution in [0.25, 0.3) is 0 Å². The van der Waals surface area contributed by atoms with Gasteiger partial charge in [0.1, 0.15) is 13.2 Å². The third-order valence-corrected chi connectivity index (χ3v) is 8.20. The lowest BCUT2D eigenvalue weighted by Crippen LogP contribution is -2.59. The number of halogens is 2. The van der Waals surface area contributed by atoms with Gasteiger partial charge in [0, 0.05) is 27.8 Å². The van der Waals surface area contributed by atoms with Crippen molar-refractivity contribution in [3.63, 3.8) is 0 Å². The van der Waals surface area contributed by atoms with Crippen LogP contribution in [0.4, 0.5) is 0 Å². The molecule has 11 heteroatoms. The lowest BCUT2D eigenvalue weighted by molar-refractivity contribution is -0.138. The molecule has 3 amide bonds. The zero-order chi connectivity index (χ0) is 28.9. The number of hydroxylamine groups is 1. The zero-order valence-electron chi connectivity index (χ0n) is 22.1. The van der Waals surface area contributed by atoms with Crippen LogP contribution in [-0.4, -0.2) is 51.4 Å². The van der Waals surface area contributed by atoms with Crippen LogP contribution in [0.3, 0.4) is 0 Å². The molecule has 9 nitrogen and oxygen atoms in total. The summed E-state index contributed by atoms with van der Waals surface area (Å²) in [4.78, 5) is 52.0. The molecule has 2 aliphatic rings. The molecule has 0 radical (unpaired) electrons. The number of fused-ring (bicyclic) bond motifs is 1. The number of aliphatic hydroxyl groups is 1. The minimum absolute atomic E-state index is 0.0495. The van der Waals surface area contributed by atoms with Crippen LogP contribution in [0, 0.1) is 0 Å². The predicted octanol–water partition coefficient (Wildman–Crippen LogP) is 4.34. The van der Waals surface area contributed by atoms with Crippen LogP contribution in [-0.2, 0) is 21.0 Å². The number of hydrogen-bond acceptors (Lipinski definition) is 6. The third-order valence-electron chi connectivity index (χ3n) is 7.64. The molecule has 5 rings (SSSR count). The Labute approximate surface area is 247 Å². The van der Waals surface area contributed by atoms with Crippen molar-refractivity contribution in [2.45, 2.75) is 56.3 Å². The predicted molar refractivity (Wildman–Crippen MR) is 153 cm³/mol. The second-order valence-corrected chi connectivity index (χ2v) is 11.0. The Morgan fingerprint density at radius 1 is 1.02 bits per heavy atom. The Bertz CT molecular complexity index is 1420. The molecule has 1 aliphatic carbocycles. The van der Waals surface area contributed by atoms with Gasteiger partial charge in [0.2, 0.25) is 5.91 Å². The summed E-state index contributed by atoms with van der Waals surface area (Å²) in [5, 5.41) is 13.0. The summed E-state index contributed by atoms with van der Waals surface area (Å²) >= 11 is 13.0. The molecule has 2 aromatic carbocycles. The minimum Gasteiger partial charge on any atom is -0.387 e. The first kappa shape index (κ1) is 29.0. The molecule has 41 heavy (non-hydrogen) atoms. The van der Waals surface area contributed by atoms with Crippen LogP contribution >= 0.6 is 23.2 Å². The Morgan fingerprint density at radius 3 is 2.56 bits per heavy atom. The van der Waals surface area contributed by atoms with Gasteiger partial charge in [-0.15, -0.1) is 0 Å². The number of aromatic nitrogens is 1. The topological polar surface area (TPSA) is 121 Å². The largest absolute Gasteiger partial charge is 0.387 e. The quantitative estimate of drug-likeness (QED) is 0.333. The standard InChI is InChI=1S/C30H30Cl2N4O5/c31-18-12-13-22(23(32)15-18)28-27(29(39)35-41-17-19-7-5-6-14-33-19)20-8-1-2-9-21(20)30(40)36(28)25-11-4-3-10-24(25)34-26(38)16-37/h1-2,5-9,12-15,24-25,27-28,37H,3-4,10-11,16-17H2,(H,34,38)(H,35,39)/t24-,25-,27+,28-/m0/s1.